The summed E-state index contributed by atoms with van der Waals surface area (Å²) < 4.78 is 0. The highest BCUT2D eigenvalue weighted by Crippen LogP contribution is 2.43. The zero-order chi connectivity index (χ0) is 18.8. The molecule has 1 aromatic carbocycles. The second-order valence-electron chi connectivity index (χ2n) is 10.4. The lowest BCUT2D eigenvalue weighted by molar-refractivity contribution is -0.134. The van der Waals surface area contributed by atoms with Crippen LogP contribution in [-0.4, -0.2) is 5.78 Å². The molecule has 0 spiro atoms. The third kappa shape index (κ3) is 5.76. The van der Waals surface area contributed by atoms with E-state index in [1.165, 1.54) is 5.56 Å². The summed E-state index contributed by atoms with van der Waals surface area (Å²) in [5, 5.41) is 0. The first-order chi connectivity index (χ1) is 10.7. The minimum Gasteiger partial charge on any atom is -0.299 e. The number of Topliss-reactive ketones (excluding diaryl/α,β-unsaturated/α-hetero) is 1. The van der Waals surface area contributed by atoms with E-state index < -0.39 is 0 Å². The van der Waals surface area contributed by atoms with E-state index in [-0.39, 0.29) is 22.2 Å². The van der Waals surface area contributed by atoms with Crippen LogP contribution in [-0.2, 0) is 4.79 Å². The van der Waals surface area contributed by atoms with E-state index in [1.807, 2.05) is 20.8 Å². The Morgan fingerprint density at radius 2 is 1.29 bits per heavy atom. The van der Waals surface area contributed by atoms with Gasteiger partial charge in [-0.3, -0.25) is 4.79 Å². The van der Waals surface area contributed by atoms with Crippen LogP contribution in [0.25, 0.3) is 0 Å². The van der Waals surface area contributed by atoms with E-state index in [2.05, 4.69) is 71.9 Å². The topological polar surface area (TPSA) is 17.1 Å². The fraction of sp³-hybridized carbons (Fsp3) is 0.696. The van der Waals surface area contributed by atoms with E-state index >= 15 is 0 Å². The summed E-state index contributed by atoms with van der Waals surface area (Å²) in [4.78, 5) is 13.0. The predicted octanol–water partition coefficient (Wildman–Crippen LogP) is 6.87. The van der Waals surface area contributed by atoms with Crippen LogP contribution >= 0.6 is 0 Å². The van der Waals surface area contributed by atoms with Crippen molar-refractivity contribution >= 4 is 5.78 Å². The molecule has 0 saturated carbocycles. The molecule has 0 bridgehead atoms. The standard InChI is InChI=1S/C23H38O/c1-21(2,3)18(17-13-11-10-12-14-17)15-16-19(22(4,5)6)20(24)23(7,8)9/h10-14,18-19H,15-16H2,1-9H3. The fourth-order valence-electron chi connectivity index (χ4n) is 3.60. The van der Waals surface area contributed by atoms with Crippen molar-refractivity contribution in [1.29, 1.82) is 0 Å². The molecular weight excluding hydrogens is 292 g/mol. The number of hydrogen-bond donors (Lipinski definition) is 0. The summed E-state index contributed by atoms with van der Waals surface area (Å²) in [5.41, 5.74) is 1.31. The van der Waals surface area contributed by atoms with Crippen molar-refractivity contribution in [3.63, 3.8) is 0 Å². The fourth-order valence-corrected chi connectivity index (χ4v) is 3.60. The molecule has 2 unspecified atom stereocenters. The average Bonchev–Trinajstić information content (AvgIpc) is 2.40. The maximum absolute atomic E-state index is 13.0. The normalized spacial score (nSPS) is 15.9. The van der Waals surface area contributed by atoms with Gasteiger partial charge in [0.05, 0.1) is 0 Å². The molecule has 1 nitrogen and oxygen atoms in total. The largest absolute Gasteiger partial charge is 0.299 e. The molecule has 136 valence electrons. The molecule has 0 radical (unpaired) electrons. The van der Waals surface area contributed by atoms with Gasteiger partial charge in [0, 0.05) is 11.3 Å². The van der Waals surface area contributed by atoms with Crippen molar-refractivity contribution in [1.82, 2.24) is 0 Å². The van der Waals surface area contributed by atoms with Crippen LogP contribution in [0.15, 0.2) is 30.3 Å². The van der Waals surface area contributed by atoms with Crippen molar-refractivity contribution in [3.8, 4) is 0 Å². The van der Waals surface area contributed by atoms with Crippen molar-refractivity contribution in [3.05, 3.63) is 35.9 Å². The van der Waals surface area contributed by atoms with Gasteiger partial charge in [0.25, 0.3) is 0 Å². The molecule has 1 heteroatoms. The Morgan fingerprint density at radius 1 is 0.792 bits per heavy atom. The van der Waals surface area contributed by atoms with Gasteiger partial charge in [-0.25, -0.2) is 0 Å². The van der Waals surface area contributed by atoms with Crippen molar-refractivity contribution in [2.24, 2.45) is 22.2 Å². The van der Waals surface area contributed by atoms with E-state index in [0.29, 0.717) is 11.7 Å². The van der Waals surface area contributed by atoms with Gasteiger partial charge in [-0.15, -0.1) is 0 Å². The average molecular weight is 331 g/mol. The Hall–Kier alpha value is -1.11. The quantitative estimate of drug-likeness (QED) is 0.575. The van der Waals surface area contributed by atoms with Crippen LogP contribution in [0.4, 0.5) is 0 Å². The smallest absolute Gasteiger partial charge is 0.141 e. The Bertz CT molecular complexity index is 520. The summed E-state index contributed by atoms with van der Waals surface area (Å²) in [6.07, 6.45) is 2.01. The van der Waals surface area contributed by atoms with Gasteiger partial charge in [0.2, 0.25) is 0 Å². The molecule has 0 heterocycles. The van der Waals surface area contributed by atoms with Crippen LogP contribution < -0.4 is 0 Å². The lowest BCUT2D eigenvalue weighted by Gasteiger charge is -2.37. The Labute approximate surface area is 150 Å². The number of hydrogen-bond acceptors (Lipinski definition) is 1. The molecule has 0 N–H and O–H groups in total. The van der Waals surface area contributed by atoms with Gasteiger partial charge in [0.15, 0.2) is 0 Å². The van der Waals surface area contributed by atoms with E-state index in [1.54, 1.807) is 0 Å². The molecular formula is C23H38O. The molecule has 1 rings (SSSR count). The second kappa shape index (κ2) is 7.42. The Balaban J connectivity index is 3.04. The molecule has 24 heavy (non-hydrogen) atoms. The Kier molecular flexibility index (Phi) is 6.47. The number of carbonyl (C=O) groups excluding carboxylic acids is 1. The molecule has 1 aromatic rings. The van der Waals surface area contributed by atoms with Gasteiger partial charge < -0.3 is 0 Å². The maximum Gasteiger partial charge on any atom is 0.141 e. The maximum atomic E-state index is 13.0. The first-order valence-corrected chi connectivity index (χ1v) is 9.34. The van der Waals surface area contributed by atoms with Crippen molar-refractivity contribution < 1.29 is 4.79 Å². The van der Waals surface area contributed by atoms with Gasteiger partial charge in [0.1, 0.15) is 5.78 Å². The second-order valence-corrected chi connectivity index (χ2v) is 10.4. The van der Waals surface area contributed by atoms with Crippen LogP contribution in [0, 0.1) is 22.2 Å². The van der Waals surface area contributed by atoms with Gasteiger partial charge >= 0.3 is 0 Å². The molecule has 0 aliphatic heterocycles. The van der Waals surface area contributed by atoms with E-state index in [0.717, 1.165) is 12.8 Å². The monoisotopic (exact) mass is 330 g/mol. The SMILES string of the molecule is CC(C)(C)C(=O)C(CCC(c1ccccc1)C(C)(C)C)C(C)(C)C. The lowest BCUT2D eigenvalue weighted by Crippen LogP contribution is -2.37. The molecule has 0 aromatic heterocycles. The van der Waals surface area contributed by atoms with Crippen LogP contribution in [0.1, 0.15) is 86.6 Å². The molecule has 2 atom stereocenters. The van der Waals surface area contributed by atoms with Gasteiger partial charge in [-0.05, 0) is 35.2 Å². The number of benzene rings is 1. The first kappa shape index (κ1) is 20.9. The van der Waals surface area contributed by atoms with Crippen molar-refractivity contribution in [2.75, 3.05) is 0 Å². The van der Waals surface area contributed by atoms with Crippen LogP contribution in [0.3, 0.4) is 0 Å². The summed E-state index contributed by atoms with van der Waals surface area (Å²) >= 11 is 0. The lowest BCUT2D eigenvalue weighted by atomic mass is 9.66. The van der Waals surface area contributed by atoms with Gasteiger partial charge in [-0.1, -0.05) is 92.6 Å². The van der Waals surface area contributed by atoms with Crippen LogP contribution in [0.5, 0.6) is 0 Å². The number of rotatable bonds is 5. The summed E-state index contributed by atoms with van der Waals surface area (Å²) in [6, 6.07) is 10.8. The molecule has 0 fully saturated rings. The highest BCUT2D eigenvalue weighted by Gasteiger charge is 2.38. The predicted molar refractivity (Wildman–Crippen MR) is 105 cm³/mol. The Morgan fingerprint density at radius 3 is 1.67 bits per heavy atom. The molecule has 0 amide bonds. The van der Waals surface area contributed by atoms with Crippen molar-refractivity contribution in [2.45, 2.75) is 81.1 Å². The molecule has 0 aliphatic carbocycles. The number of ketones is 1. The summed E-state index contributed by atoms with van der Waals surface area (Å²) in [6.45, 7) is 19.7. The highest BCUT2D eigenvalue weighted by molar-refractivity contribution is 5.86. The van der Waals surface area contributed by atoms with Gasteiger partial charge in [-0.2, -0.15) is 0 Å². The molecule has 0 aliphatic rings. The third-order valence-corrected chi connectivity index (χ3v) is 5.09. The zero-order valence-corrected chi connectivity index (χ0v) is 17.4. The highest BCUT2D eigenvalue weighted by atomic mass is 16.1. The number of carbonyl (C=O) groups is 1. The summed E-state index contributed by atoms with van der Waals surface area (Å²) in [7, 11) is 0. The first-order valence-electron chi connectivity index (χ1n) is 9.34. The summed E-state index contributed by atoms with van der Waals surface area (Å²) in [5.74, 6) is 0.970. The minimum absolute atomic E-state index is 0.00346. The molecule has 0 saturated heterocycles. The third-order valence-electron chi connectivity index (χ3n) is 5.09. The zero-order valence-electron chi connectivity index (χ0n) is 17.4. The minimum atomic E-state index is -0.276. The van der Waals surface area contributed by atoms with E-state index in [9.17, 15) is 4.79 Å². The van der Waals surface area contributed by atoms with E-state index in [4.69, 9.17) is 0 Å². The van der Waals surface area contributed by atoms with Crippen LogP contribution in [0.2, 0.25) is 0 Å².